The number of alkyl halides is 3. The van der Waals surface area contributed by atoms with Gasteiger partial charge in [0.15, 0.2) is 0 Å². The minimum Gasteiger partial charge on any atom is -0.300 e. The summed E-state index contributed by atoms with van der Waals surface area (Å²) in [6, 6.07) is 7.55. The van der Waals surface area contributed by atoms with Crippen molar-refractivity contribution in [2.24, 2.45) is 0 Å². The molecule has 120 valence electrons. The van der Waals surface area contributed by atoms with Crippen LogP contribution in [0.1, 0.15) is 22.7 Å². The molecule has 0 atom stereocenters. The van der Waals surface area contributed by atoms with E-state index in [2.05, 4.69) is 4.98 Å². The van der Waals surface area contributed by atoms with Crippen molar-refractivity contribution in [3.05, 3.63) is 50.9 Å². The van der Waals surface area contributed by atoms with Crippen LogP contribution in [-0.4, -0.2) is 29.7 Å². The van der Waals surface area contributed by atoms with Crippen LogP contribution in [0, 0.1) is 0 Å². The first-order valence-electron chi connectivity index (χ1n) is 6.75. The highest BCUT2D eigenvalue weighted by Crippen LogP contribution is 2.21. The lowest BCUT2D eigenvalue weighted by molar-refractivity contribution is -0.137. The van der Waals surface area contributed by atoms with E-state index in [9.17, 15) is 13.2 Å². The fraction of sp³-hybridized carbons (Fsp3) is 0.400. The van der Waals surface area contributed by atoms with Gasteiger partial charge in [-0.15, -0.1) is 11.3 Å². The lowest BCUT2D eigenvalue weighted by Gasteiger charge is -2.16. The Balaban J connectivity index is 1.87. The first-order chi connectivity index (χ1) is 10.3. The van der Waals surface area contributed by atoms with Gasteiger partial charge in [0.2, 0.25) is 0 Å². The summed E-state index contributed by atoms with van der Waals surface area (Å²) in [4.78, 5) is 6.11. The van der Waals surface area contributed by atoms with Crippen LogP contribution in [0.5, 0.6) is 0 Å². The smallest absolute Gasteiger partial charge is 0.300 e. The van der Waals surface area contributed by atoms with Gasteiger partial charge in [0.1, 0.15) is 0 Å². The summed E-state index contributed by atoms with van der Waals surface area (Å²) in [7, 11) is 1.67. The van der Waals surface area contributed by atoms with E-state index in [1.807, 2.05) is 29.6 Å². The molecule has 0 aliphatic rings. The van der Waals surface area contributed by atoms with Gasteiger partial charge in [-0.3, -0.25) is 0 Å². The summed E-state index contributed by atoms with van der Waals surface area (Å²) in [6.45, 7) is 0.404. The Hall–Kier alpha value is -1.11. The fourth-order valence-corrected chi connectivity index (χ4v) is 2.90. The van der Waals surface area contributed by atoms with Crippen molar-refractivity contribution in [1.29, 1.82) is 0 Å². The molecule has 1 heterocycles. The third-order valence-electron chi connectivity index (χ3n) is 3.08. The molecule has 22 heavy (non-hydrogen) atoms. The van der Waals surface area contributed by atoms with Gasteiger partial charge in [-0.2, -0.15) is 13.2 Å². The van der Waals surface area contributed by atoms with Crippen LogP contribution < -0.4 is 0 Å². The van der Waals surface area contributed by atoms with Gasteiger partial charge in [0, 0.05) is 29.9 Å². The normalized spacial score (nSPS) is 12.1. The number of halogens is 4. The molecular formula is C15H16ClF3N2S. The van der Waals surface area contributed by atoms with Crippen molar-refractivity contribution < 1.29 is 13.2 Å². The van der Waals surface area contributed by atoms with E-state index in [4.69, 9.17) is 11.6 Å². The Bertz CT molecular complexity index is 596. The second-order valence-electron chi connectivity index (χ2n) is 5.14. The number of hydrogen-bond donors (Lipinski definition) is 0. The summed E-state index contributed by atoms with van der Waals surface area (Å²) >= 11 is 7.36. The van der Waals surface area contributed by atoms with Crippen LogP contribution in [0.2, 0.25) is 5.02 Å². The molecule has 2 rings (SSSR count). The van der Waals surface area contributed by atoms with Crippen molar-refractivity contribution in [2.75, 3.05) is 13.6 Å². The molecular weight excluding hydrogens is 333 g/mol. The average Bonchev–Trinajstić information content (AvgIpc) is 2.86. The van der Waals surface area contributed by atoms with E-state index in [1.165, 1.54) is 11.3 Å². The molecule has 0 N–H and O–H groups in total. The molecule has 0 aliphatic heterocycles. The number of aromatic nitrogens is 1. The molecule has 1 aromatic carbocycles. The van der Waals surface area contributed by atoms with E-state index >= 15 is 0 Å². The first kappa shape index (κ1) is 17.2. The Morgan fingerprint density at radius 3 is 2.55 bits per heavy atom. The SMILES string of the molecule is CN(CCC(F)(F)F)Cc1csc(Cc2ccc(Cl)cc2)n1. The number of hydrogen-bond acceptors (Lipinski definition) is 3. The second kappa shape index (κ2) is 7.44. The van der Waals surface area contributed by atoms with Gasteiger partial charge in [0.05, 0.1) is 17.1 Å². The minimum absolute atomic E-state index is 0.0203. The quantitative estimate of drug-likeness (QED) is 0.747. The number of rotatable bonds is 6. The Morgan fingerprint density at radius 1 is 1.23 bits per heavy atom. The molecule has 0 spiro atoms. The largest absolute Gasteiger partial charge is 0.390 e. The Morgan fingerprint density at radius 2 is 1.91 bits per heavy atom. The monoisotopic (exact) mass is 348 g/mol. The summed E-state index contributed by atoms with van der Waals surface area (Å²) in [6.07, 6.45) is -4.21. The zero-order valence-corrected chi connectivity index (χ0v) is 13.6. The first-order valence-corrected chi connectivity index (χ1v) is 8.00. The molecule has 1 aromatic heterocycles. The minimum atomic E-state index is -4.12. The highest BCUT2D eigenvalue weighted by molar-refractivity contribution is 7.09. The van der Waals surface area contributed by atoms with E-state index in [0.717, 1.165) is 16.3 Å². The summed E-state index contributed by atoms with van der Waals surface area (Å²) in [5.41, 5.74) is 1.91. The van der Waals surface area contributed by atoms with Crippen molar-refractivity contribution in [2.45, 2.75) is 25.6 Å². The highest BCUT2D eigenvalue weighted by atomic mass is 35.5. The third kappa shape index (κ3) is 5.94. The van der Waals surface area contributed by atoms with E-state index in [0.29, 0.717) is 18.0 Å². The molecule has 0 aliphatic carbocycles. The Labute approximate surface area is 136 Å². The number of thiazole rings is 1. The fourth-order valence-electron chi connectivity index (χ4n) is 1.95. The van der Waals surface area contributed by atoms with Crippen LogP contribution in [0.25, 0.3) is 0 Å². The van der Waals surface area contributed by atoms with E-state index in [1.54, 1.807) is 11.9 Å². The molecule has 0 fully saturated rings. The molecule has 7 heteroatoms. The molecule has 0 radical (unpaired) electrons. The van der Waals surface area contributed by atoms with Gasteiger partial charge < -0.3 is 4.90 Å². The maximum atomic E-state index is 12.2. The van der Waals surface area contributed by atoms with Crippen LogP contribution >= 0.6 is 22.9 Å². The number of nitrogens with zero attached hydrogens (tertiary/aromatic N) is 2. The lowest BCUT2D eigenvalue weighted by atomic mass is 10.2. The highest BCUT2D eigenvalue weighted by Gasteiger charge is 2.27. The second-order valence-corrected chi connectivity index (χ2v) is 6.52. The maximum absolute atomic E-state index is 12.2. The third-order valence-corrected chi connectivity index (χ3v) is 4.23. The predicted molar refractivity (Wildman–Crippen MR) is 83.4 cm³/mol. The summed E-state index contributed by atoms with van der Waals surface area (Å²) in [5.74, 6) is 0. The average molecular weight is 349 g/mol. The zero-order chi connectivity index (χ0) is 16.2. The van der Waals surface area contributed by atoms with Crippen LogP contribution in [-0.2, 0) is 13.0 Å². The molecule has 2 aromatic rings. The molecule has 2 nitrogen and oxygen atoms in total. The van der Waals surface area contributed by atoms with Gasteiger partial charge in [-0.05, 0) is 24.7 Å². The Kier molecular flexibility index (Phi) is 5.83. The van der Waals surface area contributed by atoms with Crippen molar-refractivity contribution in [3.63, 3.8) is 0 Å². The molecule has 0 bridgehead atoms. The van der Waals surface area contributed by atoms with Crippen molar-refractivity contribution in [3.8, 4) is 0 Å². The van der Waals surface area contributed by atoms with Gasteiger partial charge in [-0.25, -0.2) is 4.98 Å². The van der Waals surface area contributed by atoms with Crippen LogP contribution in [0.3, 0.4) is 0 Å². The van der Waals surface area contributed by atoms with E-state index < -0.39 is 12.6 Å². The standard InChI is InChI=1S/C15H16ClF3N2S/c1-21(7-6-15(17,18)19)9-13-10-22-14(20-13)8-11-2-4-12(16)5-3-11/h2-5,10H,6-9H2,1H3. The van der Waals surface area contributed by atoms with E-state index in [-0.39, 0.29) is 6.54 Å². The summed E-state index contributed by atoms with van der Waals surface area (Å²) in [5, 5.41) is 3.53. The number of benzene rings is 1. The maximum Gasteiger partial charge on any atom is 0.390 e. The van der Waals surface area contributed by atoms with Gasteiger partial charge in [0.25, 0.3) is 0 Å². The summed E-state index contributed by atoms with van der Waals surface area (Å²) < 4.78 is 36.5. The van der Waals surface area contributed by atoms with Crippen molar-refractivity contribution >= 4 is 22.9 Å². The molecule has 0 saturated heterocycles. The van der Waals surface area contributed by atoms with Crippen molar-refractivity contribution in [1.82, 2.24) is 9.88 Å². The predicted octanol–water partition coefficient (Wildman–Crippen LogP) is 4.77. The molecule has 0 amide bonds. The van der Waals surface area contributed by atoms with Gasteiger partial charge >= 0.3 is 6.18 Å². The van der Waals surface area contributed by atoms with Gasteiger partial charge in [-0.1, -0.05) is 23.7 Å². The van der Waals surface area contributed by atoms with Crippen LogP contribution in [0.4, 0.5) is 13.2 Å². The molecule has 0 saturated carbocycles. The zero-order valence-electron chi connectivity index (χ0n) is 12.0. The van der Waals surface area contributed by atoms with Crippen LogP contribution in [0.15, 0.2) is 29.6 Å². The topological polar surface area (TPSA) is 16.1 Å². The molecule has 0 unspecified atom stereocenters. The lowest BCUT2D eigenvalue weighted by Crippen LogP contribution is -2.24.